The number of rotatable bonds is 8. The highest BCUT2D eigenvalue weighted by Gasteiger charge is 2.41. The number of benzene rings is 2. The van der Waals surface area contributed by atoms with Crippen LogP contribution in [0.4, 0.5) is 0 Å². The van der Waals surface area contributed by atoms with Gasteiger partial charge in [-0.05, 0) is 43.4 Å². The van der Waals surface area contributed by atoms with E-state index in [4.69, 9.17) is 9.47 Å². The summed E-state index contributed by atoms with van der Waals surface area (Å²) in [6.45, 7) is 2.12. The molecule has 9 heteroatoms. The molecule has 0 atom stereocenters. The number of ether oxygens (including phenoxy) is 2. The number of methoxy groups -OCH3 is 1. The van der Waals surface area contributed by atoms with Gasteiger partial charge in [0.05, 0.1) is 25.9 Å². The maximum absolute atomic E-state index is 13.2. The van der Waals surface area contributed by atoms with E-state index >= 15 is 0 Å². The average molecular weight is 502 g/mol. The first-order chi connectivity index (χ1) is 16.9. The molecule has 190 valence electrons. The molecule has 0 radical (unpaired) electrons. The molecular weight excluding hydrogens is 466 g/mol. The van der Waals surface area contributed by atoms with E-state index in [1.807, 2.05) is 30.3 Å². The molecule has 0 unspecified atom stereocenters. The number of carbonyl (C=O) groups is 1. The Morgan fingerprint density at radius 3 is 2.37 bits per heavy atom. The minimum Gasteiger partial charge on any atom is -0.496 e. The van der Waals surface area contributed by atoms with E-state index in [9.17, 15) is 13.2 Å². The molecule has 0 spiro atoms. The van der Waals surface area contributed by atoms with E-state index in [-0.39, 0.29) is 17.4 Å². The molecule has 1 amide bonds. The van der Waals surface area contributed by atoms with Crippen LogP contribution in [0, 0.1) is 0 Å². The zero-order chi connectivity index (χ0) is 24.9. The van der Waals surface area contributed by atoms with Gasteiger partial charge >= 0.3 is 0 Å². The van der Waals surface area contributed by atoms with E-state index in [1.54, 1.807) is 30.6 Å². The van der Waals surface area contributed by atoms with Crippen molar-refractivity contribution in [1.82, 2.24) is 13.9 Å². The second kappa shape index (κ2) is 11.1. The van der Waals surface area contributed by atoms with Gasteiger partial charge in [-0.15, -0.1) is 0 Å². The second-order valence-corrected chi connectivity index (χ2v) is 11.3. The molecule has 2 aromatic rings. The Labute approximate surface area is 208 Å². The fourth-order valence-electron chi connectivity index (χ4n) is 5.20. The van der Waals surface area contributed by atoms with Gasteiger partial charge in [0, 0.05) is 38.1 Å². The maximum atomic E-state index is 13.2. The van der Waals surface area contributed by atoms with Gasteiger partial charge in [0.25, 0.3) is 16.1 Å². The van der Waals surface area contributed by atoms with Gasteiger partial charge < -0.3 is 14.8 Å². The first kappa shape index (κ1) is 25.6. The van der Waals surface area contributed by atoms with Crippen molar-refractivity contribution >= 4 is 16.1 Å². The number of para-hydroxylation sites is 1. The lowest BCUT2D eigenvalue weighted by molar-refractivity contribution is 0.0688. The van der Waals surface area contributed by atoms with Crippen LogP contribution in [0.3, 0.4) is 0 Å². The first-order valence-electron chi connectivity index (χ1n) is 12.1. The van der Waals surface area contributed by atoms with Crippen molar-refractivity contribution in [3.63, 3.8) is 0 Å². The Kier molecular flexibility index (Phi) is 8.11. The third-order valence-electron chi connectivity index (χ3n) is 7.41. The molecule has 1 N–H and O–H groups in total. The standard InChI is InChI=1S/C26H35N3O5S/c1-28(35(31,32)29-16-18-34-19-17-29)22-12-14-26(15-13-22,21-8-4-3-5-9-21)20-27-25(30)23-10-6-7-11-24(23)33-2/h3-11,22H,12-20H2,1-2H3,(H,27,30)/t22-,26-. The Morgan fingerprint density at radius 2 is 1.71 bits per heavy atom. The number of nitrogens with zero attached hydrogens (tertiary/aromatic N) is 2. The highest BCUT2D eigenvalue weighted by molar-refractivity contribution is 7.86. The normalized spacial score (nSPS) is 23.7. The summed E-state index contributed by atoms with van der Waals surface area (Å²) in [7, 11) is -0.285. The lowest BCUT2D eigenvalue weighted by atomic mass is 9.68. The summed E-state index contributed by atoms with van der Waals surface area (Å²) in [6, 6.07) is 17.3. The number of nitrogens with one attached hydrogen (secondary N) is 1. The van der Waals surface area contributed by atoms with Gasteiger partial charge in [0.2, 0.25) is 0 Å². The number of hydrogen-bond acceptors (Lipinski definition) is 5. The summed E-state index contributed by atoms with van der Waals surface area (Å²) in [5.41, 5.74) is 1.40. The van der Waals surface area contributed by atoms with Crippen LogP contribution in [0.15, 0.2) is 54.6 Å². The van der Waals surface area contributed by atoms with Gasteiger partial charge in [0.15, 0.2) is 0 Å². The van der Waals surface area contributed by atoms with E-state index in [1.165, 1.54) is 4.31 Å². The van der Waals surface area contributed by atoms with Crippen LogP contribution in [0.2, 0.25) is 0 Å². The third kappa shape index (κ3) is 5.53. The lowest BCUT2D eigenvalue weighted by Crippen LogP contribution is -2.52. The van der Waals surface area contributed by atoms with Crippen LogP contribution in [0.5, 0.6) is 5.75 Å². The monoisotopic (exact) mass is 501 g/mol. The number of morpholine rings is 1. The highest BCUT2D eigenvalue weighted by Crippen LogP contribution is 2.41. The molecule has 0 aromatic heterocycles. The summed E-state index contributed by atoms with van der Waals surface area (Å²) in [4.78, 5) is 13.0. The lowest BCUT2D eigenvalue weighted by Gasteiger charge is -2.43. The Bertz CT molecular complexity index is 1090. The van der Waals surface area contributed by atoms with Crippen LogP contribution in [0.25, 0.3) is 0 Å². The molecule has 1 saturated carbocycles. The number of hydrogen-bond donors (Lipinski definition) is 1. The quantitative estimate of drug-likeness (QED) is 0.601. The SMILES string of the molecule is COc1ccccc1C(=O)NC[C@]1(c2ccccc2)CC[C@H](N(C)S(=O)(=O)N2CCOCC2)CC1. The van der Waals surface area contributed by atoms with E-state index < -0.39 is 10.2 Å². The van der Waals surface area contributed by atoms with Crippen LogP contribution >= 0.6 is 0 Å². The fraction of sp³-hybridized carbons (Fsp3) is 0.500. The van der Waals surface area contributed by atoms with E-state index in [0.29, 0.717) is 44.2 Å². The van der Waals surface area contributed by atoms with Gasteiger partial charge in [-0.1, -0.05) is 42.5 Å². The van der Waals surface area contributed by atoms with Crippen molar-refractivity contribution in [3.05, 3.63) is 65.7 Å². The highest BCUT2D eigenvalue weighted by atomic mass is 32.2. The average Bonchev–Trinajstić information content (AvgIpc) is 2.92. The molecule has 4 rings (SSSR count). The molecule has 2 aromatic carbocycles. The Hall–Kier alpha value is -2.46. The van der Waals surface area contributed by atoms with Gasteiger partial charge in [-0.2, -0.15) is 17.0 Å². The predicted molar refractivity (Wildman–Crippen MR) is 135 cm³/mol. The maximum Gasteiger partial charge on any atom is 0.282 e. The number of carbonyl (C=O) groups excluding carboxylic acids is 1. The zero-order valence-electron chi connectivity index (χ0n) is 20.5. The van der Waals surface area contributed by atoms with Crippen LogP contribution in [0.1, 0.15) is 41.6 Å². The second-order valence-electron chi connectivity index (χ2n) is 9.30. The summed E-state index contributed by atoms with van der Waals surface area (Å²) in [5, 5.41) is 3.14. The van der Waals surface area contributed by atoms with Gasteiger partial charge in [-0.25, -0.2) is 0 Å². The first-order valence-corrected chi connectivity index (χ1v) is 13.5. The van der Waals surface area contributed by atoms with Crippen molar-refractivity contribution < 1.29 is 22.7 Å². The number of amides is 1. The molecule has 0 bridgehead atoms. The van der Waals surface area contributed by atoms with E-state index in [0.717, 1.165) is 31.2 Å². The Morgan fingerprint density at radius 1 is 1.09 bits per heavy atom. The molecule has 2 aliphatic rings. The van der Waals surface area contributed by atoms with Crippen molar-refractivity contribution in [2.75, 3.05) is 47.0 Å². The molecule has 1 aliphatic carbocycles. The van der Waals surface area contributed by atoms with Gasteiger partial charge in [0.1, 0.15) is 5.75 Å². The fourth-order valence-corrected chi connectivity index (χ4v) is 6.77. The predicted octanol–water partition coefficient (Wildman–Crippen LogP) is 2.81. The molecule has 35 heavy (non-hydrogen) atoms. The van der Waals surface area contributed by atoms with Crippen molar-refractivity contribution in [1.29, 1.82) is 0 Å². The smallest absolute Gasteiger partial charge is 0.282 e. The third-order valence-corrected chi connectivity index (χ3v) is 9.46. The summed E-state index contributed by atoms with van der Waals surface area (Å²) in [5.74, 6) is 0.365. The van der Waals surface area contributed by atoms with Crippen molar-refractivity contribution in [2.24, 2.45) is 0 Å². The van der Waals surface area contributed by atoms with E-state index in [2.05, 4.69) is 17.4 Å². The summed E-state index contributed by atoms with van der Waals surface area (Å²) < 4.78 is 40.1. The van der Waals surface area contributed by atoms with Crippen LogP contribution in [-0.4, -0.2) is 76.0 Å². The minimum atomic E-state index is -3.53. The van der Waals surface area contributed by atoms with Crippen molar-refractivity contribution in [3.8, 4) is 5.75 Å². The molecule has 2 fully saturated rings. The van der Waals surface area contributed by atoms with Gasteiger partial charge in [-0.3, -0.25) is 4.79 Å². The summed E-state index contributed by atoms with van der Waals surface area (Å²) in [6.07, 6.45) is 2.99. The minimum absolute atomic E-state index is 0.0791. The zero-order valence-corrected chi connectivity index (χ0v) is 21.3. The molecule has 1 aliphatic heterocycles. The van der Waals surface area contributed by atoms with Crippen LogP contribution < -0.4 is 10.1 Å². The molecule has 8 nitrogen and oxygen atoms in total. The molecular formula is C26H35N3O5S. The van der Waals surface area contributed by atoms with Crippen LogP contribution in [-0.2, 0) is 20.4 Å². The molecule has 1 heterocycles. The largest absolute Gasteiger partial charge is 0.496 e. The summed E-state index contributed by atoms with van der Waals surface area (Å²) >= 11 is 0. The Balaban J connectivity index is 1.48. The van der Waals surface area contributed by atoms with Crippen molar-refractivity contribution in [2.45, 2.75) is 37.1 Å². The molecule has 1 saturated heterocycles. The topological polar surface area (TPSA) is 88.2 Å².